The van der Waals surface area contributed by atoms with E-state index in [2.05, 4.69) is 4.98 Å². The molecule has 1 aromatic heterocycles. The van der Waals surface area contributed by atoms with Gasteiger partial charge in [0, 0.05) is 20.1 Å². The average Bonchev–Trinajstić information content (AvgIpc) is 2.78. The van der Waals surface area contributed by atoms with E-state index in [4.69, 9.17) is 9.47 Å². The third-order valence-electron chi connectivity index (χ3n) is 4.70. The van der Waals surface area contributed by atoms with Crippen LogP contribution in [0.1, 0.15) is 35.5 Å². The van der Waals surface area contributed by atoms with Gasteiger partial charge in [0.1, 0.15) is 0 Å². The summed E-state index contributed by atoms with van der Waals surface area (Å²) in [5.41, 5.74) is 1.58. The van der Waals surface area contributed by atoms with Gasteiger partial charge in [-0.2, -0.15) is 0 Å². The predicted molar refractivity (Wildman–Crippen MR) is 119 cm³/mol. The average molecular weight is 421 g/mol. The molecule has 0 aliphatic rings. The number of aromatic nitrogens is 2. The maximum Gasteiger partial charge on any atom is 0.361 e. The van der Waals surface area contributed by atoms with Gasteiger partial charge in [0.05, 0.1) is 13.2 Å². The Bertz CT molecular complexity index is 1020. The summed E-state index contributed by atoms with van der Waals surface area (Å²) in [4.78, 5) is 32.2. The van der Waals surface area contributed by atoms with Crippen LogP contribution in [-0.4, -0.2) is 28.7 Å². The summed E-state index contributed by atoms with van der Waals surface area (Å²) in [6.07, 6.45) is 0. The van der Waals surface area contributed by atoms with Crippen molar-refractivity contribution in [3.8, 4) is 5.75 Å². The van der Waals surface area contributed by atoms with Crippen LogP contribution in [0.4, 0.5) is 5.95 Å². The number of carbonyl (C=O) groups excluding carboxylic acids is 1. The van der Waals surface area contributed by atoms with E-state index in [-0.39, 0.29) is 24.7 Å². The molecular weight excluding hydrogens is 394 g/mol. The van der Waals surface area contributed by atoms with Crippen LogP contribution in [0.2, 0.25) is 0 Å². The zero-order valence-electron chi connectivity index (χ0n) is 18.1. The lowest BCUT2D eigenvalue weighted by Crippen LogP contribution is -2.33. The highest BCUT2D eigenvalue weighted by molar-refractivity contribution is 5.90. The number of rotatable bonds is 9. The Balaban J connectivity index is 2.12. The van der Waals surface area contributed by atoms with E-state index in [1.54, 1.807) is 20.9 Å². The zero-order valence-corrected chi connectivity index (χ0v) is 18.1. The second kappa shape index (κ2) is 10.4. The first-order chi connectivity index (χ1) is 15.0. The summed E-state index contributed by atoms with van der Waals surface area (Å²) >= 11 is 0. The first-order valence-corrected chi connectivity index (χ1v) is 10.3. The summed E-state index contributed by atoms with van der Waals surface area (Å²) in [5.74, 6) is -0.403. The van der Waals surface area contributed by atoms with Crippen molar-refractivity contribution in [2.45, 2.75) is 26.9 Å². The van der Waals surface area contributed by atoms with Crippen LogP contribution in [-0.2, 0) is 24.9 Å². The molecule has 162 valence electrons. The van der Waals surface area contributed by atoms with Crippen molar-refractivity contribution in [3.05, 3.63) is 87.8 Å². The van der Waals surface area contributed by atoms with Crippen LogP contribution in [0.3, 0.4) is 0 Å². The van der Waals surface area contributed by atoms with Gasteiger partial charge in [-0.1, -0.05) is 60.7 Å². The van der Waals surface area contributed by atoms with Crippen molar-refractivity contribution >= 4 is 11.9 Å². The molecule has 0 aliphatic carbocycles. The lowest BCUT2D eigenvalue weighted by Gasteiger charge is -2.26. The Morgan fingerprint density at radius 3 is 1.97 bits per heavy atom. The van der Waals surface area contributed by atoms with Crippen molar-refractivity contribution in [1.82, 2.24) is 9.55 Å². The SMILES string of the molecule is CCOC(=O)c1nc(N(Cc2ccccc2)Cc2ccccc2)n(C)c(=O)c1OCC. The Hall–Kier alpha value is -3.61. The number of hydrogen-bond donors (Lipinski definition) is 0. The van der Waals surface area contributed by atoms with Gasteiger partial charge in [0.2, 0.25) is 11.7 Å². The molecule has 7 heteroatoms. The van der Waals surface area contributed by atoms with Crippen LogP contribution in [0.25, 0.3) is 0 Å². The standard InChI is InChI=1S/C24H27N3O4/c1-4-30-21-20(23(29)31-5-2)25-24(26(3)22(21)28)27(16-18-12-8-6-9-13-18)17-19-14-10-7-11-15-19/h6-15H,4-5,16-17H2,1-3H3. The van der Waals surface area contributed by atoms with E-state index in [1.165, 1.54) is 4.57 Å². The number of anilines is 1. The summed E-state index contributed by atoms with van der Waals surface area (Å²) in [7, 11) is 1.63. The fourth-order valence-electron chi connectivity index (χ4n) is 3.27. The van der Waals surface area contributed by atoms with Gasteiger partial charge < -0.3 is 14.4 Å². The van der Waals surface area contributed by atoms with Crippen LogP contribution in [0.15, 0.2) is 65.5 Å². The molecule has 3 aromatic rings. The Morgan fingerprint density at radius 1 is 0.935 bits per heavy atom. The van der Waals surface area contributed by atoms with Gasteiger partial charge >= 0.3 is 5.97 Å². The lowest BCUT2D eigenvalue weighted by molar-refractivity contribution is 0.0513. The summed E-state index contributed by atoms with van der Waals surface area (Å²) in [5, 5.41) is 0. The normalized spacial score (nSPS) is 10.5. The highest BCUT2D eigenvalue weighted by Crippen LogP contribution is 2.21. The second-order valence-corrected chi connectivity index (χ2v) is 6.93. The molecule has 0 fully saturated rings. The second-order valence-electron chi connectivity index (χ2n) is 6.93. The minimum atomic E-state index is -0.677. The highest BCUT2D eigenvalue weighted by atomic mass is 16.5. The van der Waals surface area contributed by atoms with Gasteiger partial charge in [-0.3, -0.25) is 9.36 Å². The molecule has 0 bridgehead atoms. The Morgan fingerprint density at radius 2 is 1.48 bits per heavy atom. The van der Waals surface area contributed by atoms with Gasteiger partial charge in [0.25, 0.3) is 5.56 Å². The molecule has 31 heavy (non-hydrogen) atoms. The third-order valence-corrected chi connectivity index (χ3v) is 4.70. The Labute approximate surface area is 181 Å². The van der Waals surface area contributed by atoms with E-state index in [0.29, 0.717) is 19.0 Å². The molecule has 1 heterocycles. The minimum Gasteiger partial charge on any atom is -0.486 e. The number of benzene rings is 2. The van der Waals surface area contributed by atoms with E-state index in [0.717, 1.165) is 11.1 Å². The van der Waals surface area contributed by atoms with Crippen molar-refractivity contribution in [1.29, 1.82) is 0 Å². The molecule has 0 N–H and O–H groups in total. The number of ether oxygens (including phenoxy) is 2. The number of nitrogens with zero attached hydrogens (tertiary/aromatic N) is 3. The van der Waals surface area contributed by atoms with Gasteiger partial charge in [0.15, 0.2) is 5.69 Å². The largest absolute Gasteiger partial charge is 0.486 e. The van der Waals surface area contributed by atoms with E-state index < -0.39 is 11.5 Å². The summed E-state index contributed by atoms with van der Waals surface area (Å²) in [6, 6.07) is 19.8. The Kier molecular flexibility index (Phi) is 7.43. The molecular formula is C24H27N3O4. The van der Waals surface area contributed by atoms with E-state index >= 15 is 0 Å². The van der Waals surface area contributed by atoms with E-state index in [1.807, 2.05) is 65.6 Å². The van der Waals surface area contributed by atoms with Crippen LogP contribution < -0.4 is 15.2 Å². The van der Waals surface area contributed by atoms with Crippen LogP contribution >= 0.6 is 0 Å². The van der Waals surface area contributed by atoms with Crippen LogP contribution in [0.5, 0.6) is 5.75 Å². The topological polar surface area (TPSA) is 73.7 Å². The molecule has 0 amide bonds. The van der Waals surface area contributed by atoms with E-state index in [9.17, 15) is 9.59 Å². The highest BCUT2D eigenvalue weighted by Gasteiger charge is 2.25. The quantitative estimate of drug-likeness (QED) is 0.492. The number of esters is 1. The van der Waals surface area contributed by atoms with Crippen molar-refractivity contribution in [2.24, 2.45) is 7.05 Å². The molecule has 0 saturated carbocycles. The first kappa shape index (κ1) is 22.1. The smallest absolute Gasteiger partial charge is 0.361 e. The maximum atomic E-state index is 13.1. The first-order valence-electron chi connectivity index (χ1n) is 10.3. The third kappa shape index (κ3) is 5.31. The molecule has 0 radical (unpaired) electrons. The van der Waals surface area contributed by atoms with Gasteiger partial charge in [-0.05, 0) is 25.0 Å². The number of hydrogen-bond acceptors (Lipinski definition) is 6. The molecule has 3 rings (SSSR count). The number of carbonyl (C=O) groups is 1. The monoisotopic (exact) mass is 421 g/mol. The molecule has 0 unspecified atom stereocenters. The predicted octanol–water partition coefficient (Wildman–Crippen LogP) is 3.56. The molecule has 0 aliphatic heterocycles. The molecule has 0 atom stereocenters. The summed E-state index contributed by atoms with van der Waals surface area (Å²) < 4.78 is 12.0. The zero-order chi connectivity index (χ0) is 22.2. The lowest BCUT2D eigenvalue weighted by atomic mass is 10.2. The fraction of sp³-hybridized carbons (Fsp3) is 0.292. The van der Waals surface area contributed by atoms with Gasteiger partial charge in [-0.25, -0.2) is 9.78 Å². The van der Waals surface area contributed by atoms with Gasteiger partial charge in [-0.15, -0.1) is 0 Å². The maximum absolute atomic E-state index is 13.1. The van der Waals surface area contributed by atoms with Crippen LogP contribution in [0, 0.1) is 0 Å². The minimum absolute atomic E-state index is 0.0911. The molecule has 7 nitrogen and oxygen atoms in total. The summed E-state index contributed by atoms with van der Waals surface area (Å²) in [6.45, 7) is 4.88. The molecule has 2 aromatic carbocycles. The van der Waals surface area contributed by atoms with Crippen molar-refractivity contribution in [3.63, 3.8) is 0 Å². The fourth-order valence-corrected chi connectivity index (χ4v) is 3.27. The molecule has 0 saturated heterocycles. The van der Waals surface area contributed by atoms with Crippen molar-refractivity contribution < 1.29 is 14.3 Å². The molecule has 0 spiro atoms. The van der Waals surface area contributed by atoms with Crippen molar-refractivity contribution in [2.75, 3.05) is 18.1 Å².